The lowest BCUT2D eigenvalue weighted by Crippen LogP contribution is -2.53. The first-order valence-corrected chi connectivity index (χ1v) is 7.27. The highest BCUT2D eigenvalue weighted by Gasteiger charge is 2.29. The Morgan fingerprint density at radius 3 is 2.91 bits per heavy atom. The number of carbonyl (C=O) groups is 1. The summed E-state index contributed by atoms with van der Waals surface area (Å²) in [5, 5.41) is 22.2. The number of β-amino-alcohol motifs (C(OH)–C–C–N with tert-alkyl or cyclic N) is 1. The maximum absolute atomic E-state index is 10.9. The van der Waals surface area contributed by atoms with Gasteiger partial charge in [0.1, 0.15) is 13.2 Å². The number of likely N-dealkylation sites (tertiary alicyclic amines) is 1. The van der Waals surface area contributed by atoms with Crippen LogP contribution in [0.4, 0.5) is 4.79 Å². The van der Waals surface area contributed by atoms with Gasteiger partial charge in [0.25, 0.3) is 0 Å². The second kappa shape index (κ2) is 6.37. The SMILES string of the molecule is O=C(O)N1CCC(NCc2cc3c(cn2)OCCO3)C(O)C1. The Morgan fingerprint density at radius 1 is 1.41 bits per heavy atom. The molecule has 0 radical (unpaired) electrons. The molecule has 3 heterocycles. The van der Waals surface area contributed by atoms with Crippen LogP contribution in [0.3, 0.4) is 0 Å². The molecular formula is C14H19N3O5. The number of fused-ring (bicyclic) bond motifs is 1. The van der Waals surface area contributed by atoms with Gasteiger partial charge in [-0.1, -0.05) is 0 Å². The van der Waals surface area contributed by atoms with E-state index >= 15 is 0 Å². The van der Waals surface area contributed by atoms with E-state index in [-0.39, 0.29) is 12.6 Å². The van der Waals surface area contributed by atoms with Crippen LogP contribution >= 0.6 is 0 Å². The summed E-state index contributed by atoms with van der Waals surface area (Å²) in [6.45, 7) is 2.07. The minimum Gasteiger partial charge on any atom is -0.486 e. The van der Waals surface area contributed by atoms with Crippen molar-refractivity contribution in [3.8, 4) is 11.5 Å². The molecule has 2 atom stereocenters. The third-order valence-electron chi connectivity index (χ3n) is 3.88. The number of pyridine rings is 1. The molecule has 120 valence electrons. The highest BCUT2D eigenvalue weighted by atomic mass is 16.6. The molecule has 0 aromatic carbocycles. The predicted molar refractivity (Wildman–Crippen MR) is 76.1 cm³/mol. The molecule has 1 aromatic heterocycles. The third-order valence-corrected chi connectivity index (χ3v) is 3.88. The van der Waals surface area contributed by atoms with E-state index in [1.54, 1.807) is 6.20 Å². The quantitative estimate of drug-likeness (QED) is 0.725. The van der Waals surface area contributed by atoms with Gasteiger partial charge < -0.3 is 29.9 Å². The monoisotopic (exact) mass is 309 g/mol. The Morgan fingerprint density at radius 2 is 2.18 bits per heavy atom. The summed E-state index contributed by atoms with van der Waals surface area (Å²) in [6.07, 6.45) is 0.487. The first-order chi connectivity index (χ1) is 10.6. The lowest BCUT2D eigenvalue weighted by atomic mass is 10.0. The Kier molecular flexibility index (Phi) is 4.30. The largest absolute Gasteiger partial charge is 0.486 e. The van der Waals surface area contributed by atoms with E-state index in [1.165, 1.54) is 4.90 Å². The normalized spacial score (nSPS) is 24.1. The number of aliphatic hydroxyl groups excluding tert-OH is 1. The average Bonchev–Trinajstić information content (AvgIpc) is 2.53. The Labute approximate surface area is 127 Å². The van der Waals surface area contributed by atoms with Gasteiger partial charge in [-0.3, -0.25) is 4.98 Å². The van der Waals surface area contributed by atoms with E-state index in [2.05, 4.69) is 10.3 Å². The summed E-state index contributed by atoms with van der Waals surface area (Å²) in [5.74, 6) is 1.32. The molecule has 0 saturated carbocycles. The smallest absolute Gasteiger partial charge is 0.407 e. The van der Waals surface area contributed by atoms with Crippen LogP contribution in [0.2, 0.25) is 0 Å². The van der Waals surface area contributed by atoms with E-state index in [4.69, 9.17) is 14.6 Å². The van der Waals surface area contributed by atoms with Crippen LogP contribution in [0.25, 0.3) is 0 Å². The molecule has 8 nitrogen and oxygen atoms in total. The standard InChI is InChI=1S/C14H19N3O5/c18-11-8-17(14(19)20)2-1-10(11)16-6-9-5-12-13(7-15-9)22-4-3-21-12/h5,7,10-11,16,18H,1-4,6,8H2,(H,19,20). The van der Waals surface area contributed by atoms with Gasteiger partial charge in [-0.05, 0) is 6.42 Å². The number of carboxylic acid groups (broad SMARTS) is 1. The van der Waals surface area contributed by atoms with Crippen LogP contribution in [0.15, 0.2) is 12.3 Å². The topological polar surface area (TPSA) is 104 Å². The van der Waals surface area contributed by atoms with Crippen molar-refractivity contribution in [2.45, 2.75) is 25.1 Å². The molecule has 0 spiro atoms. The van der Waals surface area contributed by atoms with Crippen LogP contribution in [0.1, 0.15) is 12.1 Å². The summed E-state index contributed by atoms with van der Waals surface area (Å²) in [4.78, 5) is 16.4. The summed E-state index contributed by atoms with van der Waals surface area (Å²) in [6, 6.07) is 1.67. The minimum atomic E-state index is -0.994. The molecule has 8 heteroatoms. The first kappa shape index (κ1) is 14.9. The molecule has 1 fully saturated rings. The molecule has 2 aliphatic rings. The van der Waals surface area contributed by atoms with Crippen molar-refractivity contribution < 1.29 is 24.5 Å². The zero-order valence-electron chi connectivity index (χ0n) is 12.1. The number of hydrogen-bond donors (Lipinski definition) is 3. The first-order valence-electron chi connectivity index (χ1n) is 7.27. The molecule has 0 bridgehead atoms. The van der Waals surface area contributed by atoms with Crippen LogP contribution < -0.4 is 14.8 Å². The molecular weight excluding hydrogens is 290 g/mol. The van der Waals surface area contributed by atoms with Crippen LogP contribution in [-0.4, -0.2) is 64.6 Å². The number of ether oxygens (including phenoxy) is 2. The predicted octanol–water partition coefficient (Wildman–Crippen LogP) is 0.0556. The number of nitrogens with one attached hydrogen (secondary N) is 1. The van der Waals surface area contributed by atoms with E-state index in [0.717, 1.165) is 5.69 Å². The fourth-order valence-corrected chi connectivity index (χ4v) is 2.67. The van der Waals surface area contributed by atoms with Crippen molar-refractivity contribution in [3.05, 3.63) is 18.0 Å². The maximum atomic E-state index is 10.9. The molecule has 1 aromatic rings. The van der Waals surface area contributed by atoms with Crippen LogP contribution in [-0.2, 0) is 6.54 Å². The van der Waals surface area contributed by atoms with Crippen molar-refractivity contribution in [1.29, 1.82) is 0 Å². The molecule has 22 heavy (non-hydrogen) atoms. The maximum Gasteiger partial charge on any atom is 0.407 e. The Bertz CT molecular complexity index is 553. The van der Waals surface area contributed by atoms with Gasteiger partial charge in [0, 0.05) is 25.2 Å². The fraction of sp³-hybridized carbons (Fsp3) is 0.571. The third kappa shape index (κ3) is 3.23. The molecule has 3 rings (SSSR count). The molecule has 1 amide bonds. The van der Waals surface area contributed by atoms with E-state index in [0.29, 0.717) is 44.2 Å². The highest BCUT2D eigenvalue weighted by molar-refractivity contribution is 5.65. The second-order valence-electron chi connectivity index (χ2n) is 5.39. The summed E-state index contributed by atoms with van der Waals surface area (Å²) in [7, 11) is 0. The fourth-order valence-electron chi connectivity index (χ4n) is 2.67. The van der Waals surface area contributed by atoms with Crippen molar-refractivity contribution in [2.24, 2.45) is 0 Å². The number of aromatic nitrogens is 1. The van der Waals surface area contributed by atoms with E-state index in [9.17, 15) is 9.90 Å². The number of nitrogens with zero attached hydrogens (tertiary/aromatic N) is 2. The summed E-state index contributed by atoms with van der Waals surface area (Å²) >= 11 is 0. The Balaban J connectivity index is 1.55. The molecule has 3 N–H and O–H groups in total. The van der Waals surface area contributed by atoms with Crippen molar-refractivity contribution in [3.63, 3.8) is 0 Å². The number of rotatable bonds is 3. The Hall–Kier alpha value is -2.06. The van der Waals surface area contributed by atoms with Gasteiger partial charge in [0.2, 0.25) is 0 Å². The van der Waals surface area contributed by atoms with Gasteiger partial charge in [-0.2, -0.15) is 0 Å². The second-order valence-corrected chi connectivity index (χ2v) is 5.39. The van der Waals surface area contributed by atoms with Crippen LogP contribution in [0.5, 0.6) is 11.5 Å². The lowest BCUT2D eigenvalue weighted by Gasteiger charge is -2.34. The van der Waals surface area contributed by atoms with Gasteiger partial charge in [-0.25, -0.2) is 4.79 Å². The lowest BCUT2D eigenvalue weighted by molar-refractivity contribution is 0.0406. The van der Waals surface area contributed by atoms with Gasteiger partial charge in [-0.15, -0.1) is 0 Å². The van der Waals surface area contributed by atoms with Crippen molar-refractivity contribution >= 4 is 6.09 Å². The van der Waals surface area contributed by atoms with E-state index < -0.39 is 12.2 Å². The zero-order valence-corrected chi connectivity index (χ0v) is 12.1. The van der Waals surface area contributed by atoms with E-state index in [1.807, 2.05) is 6.07 Å². The van der Waals surface area contributed by atoms with Crippen molar-refractivity contribution in [2.75, 3.05) is 26.3 Å². The van der Waals surface area contributed by atoms with Gasteiger partial charge >= 0.3 is 6.09 Å². The van der Waals surface area contributed by atoms with Gasteiger partial charge in [0.15, 0.2) is 11.5 Å². The number of amides is 1. The summed E-state index contributed by atoms with van der Waals surface area (Å²) < 4.78 is 10.9. The minimum absolute atomic E-state index is 0.127. The molecule has 2 aliphatic heterocycles. The number of aliphatic hydroxyl groups is 1. The molecule has 1 saturated heterocycles. The highest BCUT2D eigenvalue weighted by Crippen LogP contribution is 2.29. The van der Waals surface area contributed by atoms with Crippen molar-refractivity contribution in [1.82, 2.24) is 15.2 Å². The average molecular weight is 309 g/mol. The van der Waals surface area contributed by atoms with Crippen LogP contribution in [0, 0.1) is 0 Å². The zero-order chi connectivity index (χ0) is 15.5. The summed E-state index contributed by atoms with van der Waals surface area (Å²) in [5.41, 5.74) is 0.789. The molecule has 0 aliphatic carbocycles. The van der Waals surface area contributed by atoms with Gasteiger partial charge in [0.05, 0.1) is 24.5 Å². The number of piperidine rings is 1. The number of hydrogen-bond acceptors (Lipinski definition) is 6. The molecule has 2 unspecified atom stereocenters.